The van der Waals surface area contributed by atoms with Crippen molar-refractivity contribution in [2.45, 2.75) is 52.5 Å². The van der Waals surface area contributed by atoms with E-state index in [1.165, 1.54) is 19.3 Å². The number of rotatable bonds is 5. The van der Waals surface area contributed by atoms with Gasteiger partial charge in [-0.05, 0) is 43.6 Å². The van der Waals surface area contributed by atoms with Crippen LogP contribution in [0.4, 0.5) is 11.4 Å². The van der Waals surface area contributed by atoms with Gasteiger partial charge in [-0.25, -0.2) is 0 Å². The molecule has 1 aliphatic rings. The standard InChI is InChI=1S/C16H27N3/c1-4-7-18-15-9-16(11-17-10-15)19-14-6-5-12(2)13(3)8-14/h9-14,18-19H,4-8H2,1-3H3. The summed E-state index contributed by atoms with van der Waals surface area (Å²) >= 11 is 0. The van der Waals surface area contributed by atoms with Crippen LogP contribution in [-0.2, 0) is 0 Å². The highest BCUT2D eigenvalue weighted by atomic mass is 15.0. The molecule has 3 unspecified atom stereocenters. The van der Waals surface area contributed by atoms with Crippen LogP contribution in [-0.4, -0.2) is 17.6 Å². The molecule has 1 heterocycles. The number of nitrogens with one attached hydrogen (secondary N) is 2. The fraction of sp³-hybridized carbons (Fsp3) is 0.688. The van der Waals surface area contributed by atoms with Crippen molar-refractivity contribution in [3.63, 3.8) is 0 Å². The van der Waals surface area contributed by atoms with Crippen LogP contribution in [0.25, 0.3) is 0 Å². The maximum Gasteiger partial charge on any atom is 0.0549 e. The van der Waals surface area contributed by atoms with E-state index in [0.29, 0.717) is 6.04 Å². The summed E-state index contributed by atoms with van der Waals surface area (Å²) < 4.78 is 0. The van der Waals surface area contributed by atoms with Crippen LogP contribution in [0, 0.1) is 11.8 Å². The van der Waals surface area contributed by atoms with Gasteiger partial charge in [0.2, 0.25) is 0 Å². The Morgan fingerprint density at radius 2 is 1.95 bits per heavy atom. The zero-order chi connectivity index (χ0) is 13.7. The molecule has 1 saturated carbocycles. The number of hydrogen-bond donors (Lipinski definition) is 2. The third kappa shape index (κ3) is 4.12. The van der Waals surface area contributed by atoms with E-state index in [0.717, 1.165) is 36.2 Å². The molecule has 0 amide bonds. The smallest absolute Gasteiger partial charge is 0.0549 e. The molecule has 3 nitrogen and oxygen atoms in total. The molecule has 1 aromatic heterocycles. The number of nitrogens with zero attached hydrogens (tertiary/aromatic N) is 1. The van der Waals surface area contributed by atoms with E-state index < -0.39 is 0 Å². The van der Waals surface area contributed by atoms with Crippen LogP contribution in [0.5, 0.6) is 0 Å². The Morgan fingerprint density at radius 3 is 2.68 bits per heavy atom. The first kappa shape index (κ1) is 14.2. The molecule has 0 aromatic carbocycles. The van der Waals surface area contributed by atoms with E-state index in [-0.39, 0.29) is 0 Å². The minimum atomic E-state index is 0.606. The average Bonchev–Trinajstić information content (AvgIpc) is 2.41. The van der Waals surface area contributed by atoms with Crippen molar-refractivity contribution in [3.8, 4) is 0 Å². The topological polar surface area (TPSA) is 37.0 Å². The Bertz CT molecular complexity index is 391. The van der Waals surface area contributed by atoms with Crippen LogP contribution < -0.4 is 10.6 Å². The molecule has 2 N–H and O–H groups in total. The zero-order valence-corrected chi connectivity index (χ0v) is 12.4. The lowest BCUT2D eigenvalue weighted by molar-refractivity contribution is 0.261. The highest BCUT2D eigenvalue weighted by Gasteiger charge is 2.24. The molecule has 1 fully saturated rings. The van der Waals surface area contributed by atoms with Gasteiger partial charge in [-0.2, -0.15) is 0 Å². The summed E-state index contributed by atoms with van der Waals surface area (Å²) in [4.78, 5) is 4.31. The van der Waals surface area contributed by atoms with Crippen molar-refractivity contribution in [2.75, 3.05) is 17.2 Å². The molecule has 3 heteroatoms. The summed E-state index contributed by atoms with van der Waals surface area (Å²) in [5.41, 5.74) is 2.26. The number of anilines is 2. The summed E-state index contributed by atoms with van der Waals surface area (Å²) in [7, 11) is 0. The Morgan fingerprint density at radius 1 is 1.16 bits per heavy atom. The van der Waals surface area contributed by atoms with Gasteiger partial charge in [0.15, 0.2) is 0 Å². The summed E-state index contributed by atoms with van der Waals surface area (Å²) in [6.45, 7) is 7.92. The van der Waals surface area contributed by atoms with E-state index >= 15 is 0 Å². The predicted octanol–water partition coefficient (Wildman–Crippen LogP) is 4.14. The first-order chi connectivity index (χ1) is 9.19. The van der Waals surface area contributed by atoms with Gasteiger partial charge < -0.3 is 10.6 Å². The van der Waals surface area contributed by atoms with E-state index in [1.54, 1.807) is 0 Å². The second-order valence-electron chi connectivity index (χ2n) is 6.00. The third-order valence-electron chi connectivity index (χ3n) is 4.29. The normalized spacial score (nSPS) is 27.0. The Balaban J connectivity index is 1.91. The number of pyridine rings is 1. The highest BCUT2D eigenvalue weighted by Crippen LogP contribution is 2.31. The second kappa shape index (κ2) is 6.78. The van der Waals surface area contributed by atoms with E-state index in [2.05, 4.69) is 42.5 Å². The van der Waals surface area contributed by atoms with Crippen molar-refractivity contribution < 1.29 is 0 Å². The molecule has 0 bridgehead atoms. The lowest BCUT2D eigenvalue weighted by Crippen LogP contribution is -2.30. The second-order valence-corrected chi connectivity index (χ2v) is 6.00. The molecule has 3 atom stereocenters. The van der Waals surface area contributed by atoms with Crippen molar-refractivity contribution in [1.29, 1.82) is 0 Å². The maximum atomic E-state index is 4.31. The van der Waals surface area contributed by atoms with E-state index in [4.69, 9.17) is 0 Å². The van der Waals surface area contributed by atoms with Gasteiger partial charge in [-0.3, -0.25) is 4.98 Å². The molecule has 0 radical (unpaired) electrons. The van der Waals surface area contributed by atoms with E-state index in [1.807, 2.05) is 12.4 Å². The fourth-order valence-corrected chi connectivity index (χ4v) is 2.80. The van der Waals surface area contributed by atoms with Gasteiger partial charge in [0.25, 0.3) is 0 Å². The quantitative estimate of drug-likeness (QED) is 0.836. The van der Waals surface area contributed by atoms with Crippen molar-refractivity contribution in [1.82, 2.24) is 4.98 Å². The van der Waals surface area contributed by atoms with Crippen LogP contribution >= 0.6 is 0 Å². The minimum absolute atomic E-state index is 0.606. The lowest BCUT2D eigenvalue weighted by Gasteiger charge is -2.33. The van der Waals surface area contributed by atoms with Crippen LogP contribution in [0.1, 0.15) is 46.5 Å². The first-order valence-electron chi connectivity index (χ1n) is 7.64. The Labute approximate surface area is 117 Å². The van der Waals surface area contributed by atoms with Gasteiger partial charge >= 0.3 is 0 Å². The summed E-state index contributed by atoms with van der Waals surface area (Å²) in [5, 5.41) is 7.03. The summed E-state index contributed by atoms with van der Waals surface area (Å²) in [5.74, 6) is 1.69. The minimum Gasteiger partial charge on any atom is -0.384 e. The fourth-order valence-electron chi connectivity index (χ4n) is 2.80. The summed E-state index contributed by atoms with van der Waals surface area (Å²) in [6, 6.07) is 2.78. The molecule has 1 aliphatic carbocycles. The van der Waals surface area contributed by atoms with Crippen molar-refractivity contribution in [3.05, 3.63) is 18.5 Å². The molecule has 0 aliphatic heterocycles. The first-order valence-corrected chi connectivity index (χ1v) is 7.64. The van der Waals surface area contributed by atoms with Crippen molar-refractivity contribution >= 4 is 11.4 Å². The third-order valence-corrected chi connectivity index (χ3v) is 4.29. The maximum absolute atomic E-state index is 4.31. The predicted molar refractivity (Wildman–Crippen MR) is 82.6 cm³/mol. The van der Waals surface area contributed by atoms with Crippen LogP contribution in [0.3, 0.4) is 0 Å². The van der Waals surface area contributed by atoms with Gasteiger partial charge in [-0.1, -0.05) is 20.8 Å². The largest absolute Gasteiger partial charge is 0.384 e. The zero-order valence-electron chi connectivity index (χ0n) is 12.4. The molecular weight excluding hydrogens is 234 g/mol. The van der Waals surface area contributed by atoms with Gasteiger partial charge in [0, 0.05) is 12.6 Å². The van der Waals surface area contributed by atoms with E-state index in [9.17, 15) is 0 Å². The molecule has 106 valence electrons. The SMILES string of the molecule is CCCNc1cncc(NC2CCC(C)C(C)C2)c1. The average molecular weight is 261 g/mol. The van der Waals surface area contributed by atoms with Gasteiger partial charge in [-0.15, -0.1) is 0 Å². The molecule has 0 saturated heterocycles. The molecule has 2 rings (SSSR count). The molecular formula is C16H27N3. The number of hydrogen-bond acceptors (Lipinski definition) is 3. The van der Waals surface area contributed by atoms with Crippen LogP contribution in [0.2, 0.25) is 0 Å². The Hall–Kier alpha value is -1.25. The van der Waals surface area contributed by atoms with Gasteiger partial charge in [0.05, 0.1) is 23.8 Å². The van der Waals surface area contributed by atoms with Crippen molar-refractivity contribution in [2.24, 2.45) is 11.8 Å². The van der Waals surface area contributed by atoms with Gasteiger partial charge in [0.1, 0.15) is 0 Å². The number of aromatic nitrogens is 1. The highest BCUT2D eigenvalue weighted by molar-refractivity contribution is 5.54. The lowest BCUT2D eigenvalue weighted by atomic mass is 9.79. The monoisotopic (exact) mass is 261 g/mol. The van der Waals surface area contributed by atoms with Crippen LogP contribution in [0.15, 0.2) is 18.5 Å². The molecule has 19 heavy (non-hydrogen) atoms. The molecule has 1 aromatic rings. The Kier molecular flexibility index (Phi) is 5.06. The summed E-state index contributed by atoms with van der Waals surface area (Å²) in [6.07, 6.45) is 8.84. The molecule has 0 spiro atoms.